The predicted octanol–water partition coefficient (Wildman–Crippen LogP) is 3.13. The van der Waals surface area contributed by atoms with E-state index in [1.807, 2.05) is 4.90 Å². The summed E-state index contributed by atoms with van der Waals surface area (Å²) in [5, 5.41) is 9.50. The van der Waals surface area contributed by atoms with Gasteiger partial charge in [0.2, 0.25) is 0 Å². The van der Waals surface area contributed by atoms with Crippen LogP contribution in [-0.2, 0) is 6.18 Å². The number of hydrogen-bond donors (Lipinski definition) is 1. The fraction of sp³-hybridized carbons (Fsp3) is 0.350. The fourth-order valence-electron chi connectivity index (χ4n) is 3.42. The van der Waals surface area contributed by atoms with E-state index in [0.29, 0.717) is 41.4 Å². The third-order valence-electron chi connectivity index (χ3n) is 5.11. The third-order valence-corrected chi connectivity index (χ3v) is 5.11. The number of pyridine rings is 1. The minimum Gasteiger partial charge on any atom is -0.397 e. The second kappa shape index (κ2) is 7.62. The van der Waals surface area contributed by atoms with Crippen molar-refractivity contribution in [2.45, 2.75) is 20.0 Å². The molecule has 0 unspecified atom stereocenters. The zero-order valence-electron chi connectivity index (χ0n) is 16.0. The van der Waals surface area contributed by atoms with Crippen molar-refractivity contribution in [3.8, 4) is 6.07 Å². The number of aryl methyl sites for hydroxylation is 1. The minimum atomic E-state index is -4.60. The number of rotatable bonds is 2. The third kappa shape index (κ3) is 3.83. The monoisotopic (exact) mass is 403 g/mol. The average Bonchev–Trinajstić information content (AvgIpc) is 2.71. The Kier molecular flexibility index (Phi) is 5.38. The Morgan fingerprint density at radius 2 is 1.79 bits per heavy atom. The number of nitrogens with zero attached hydrogens (tertiary/aromatic N) is 4. The molecular weight excluding hydrogens is 383 g/mol. The number of nitrogens with two attached hydrogens (primary N) is 1. The highest BCUT2D eigenvalue weighted by Gasteiger charge is 2.36. The van der Waals surface area contributed by atoms with E-state index in [2.05, 4.69) is 11.1 Å². The normalized spacial score (nSPS) is 14.6. The first-order chi connectivity index (χ1) is 13.6. The molecule has 2 aromatic rings. The predicted molar refractivity (Wildman–Crippen MR) is 102 cm³/mol. The Morgan fingerprint density at radius 3 is 2.38 bits per heavy atom. The second-order valence-electron chi connectivity index (χ2n) is 6.87. The lowest BCUT2D eigenvalue weighted by Crippen LogP contribution is -2.49. The number of nitriles is 1. The van der Waals surface area contributed by atoms with Gasteiger partial charge in [-0.3, -0.25) is 4.79 Å². The first kappa shape index (κ1) is 20.5. The summed E-state index contributed by atoms with van der Waals surface area (Å²) in [5.74, 6) is -0.171. The van der Waals surface area contributed by atoms with Crippen LogP contribution < -0.4 is 10.6 Å². The van der Waals surface area contributed by atoms with Crippen LogP contribution in [0.25, 0.3) is 0 Å². The molecule has 1 fully saturated rings. The van der Waals surface area contributed by atoms with Crippen molar-refractivity contribution in [3.63, 3.8) is 0 Å². The number of carbonyl (C=O) groups excluding carboxylic acids is 1. The van der Waals surface area contributed by atoms with Crippen LogP contribution in [0, 0.1) is 25.2 Å². The van der Waals surface area contributed by atoms with E-state index in [4.69, 9.17) is 5.73 Å². The molecule has 0 atom stereocenters. The van der Waals surface area contributed by atoms with Crippen molar-refractivity contribution in [1.29, 1.82) is 5.26 Å². The summed E-state index contributed by atoms with van der Waals surface area (Å²) in [6, 6.07) is 6.91. The van der Waals surface area contributed by atoms with Crippen molar-refractivity contribution in [2.24, 2.45) is 0 Å². The van der Waals surface area contributed by atoms with Crippen LogP contribution in [0.15, 0.2) is 24.3 Å². The summed E-state index contributed by atoms with van der Waals surface area (Å²) in [7, 11) is 0. The van der Waals surface area contributed by atoms with Crippen LogP contribution in [0.2, 0.25) is 0 Å². The van der Waals surface area contributed by atoms with Gasteiger partial charge < -0.3 is 15.5 Å². The molecule has 1 aromatic carbocycles. The first-order valence-corrected chi connectivity index (χ1v) is 9.02. The van der Waals surface area contributed by atoms with Crippen LogP contribution in [0.3, 0.4) is 0 Å². The maximum absolute atomic E-state index is 13.2. The number of halogens is 3. The van der Waals surface area contributed by atoms with Crippen LogP contribution in [-0.4, -0.2) is 42.0 Å². The highest BCUT2D eigenvalue weighted by atomic mass is 19.4. The van der Waals surface area contributed by atoms with Crippen LogP contribution in [0.1, 0.15) is 32.7 Å². The SMILES string of the molecule is Cc1nc(N2CCN(C(=O)c3ccccc3C(F)(F)F)CC2)c(C#N)c(C)c1N. The molecule has 0 spiro atoms. The summed E-state index contributed by atoms with van der Waals surface area (Å²) in [5.41, 5.74) is 6.74. The Bertz CT molecular complexity index is 989. The number of amides is 1. The van der Waals surface area contributed by atoms with Crippen LogP contribution >= 0.6 is 0 Å². The summed E-state index contributed by atoms with van der Waals surface area (Å²) in [4.78, 5) is 20.4. The molecule has 0 aliphatic carbocycles. The lowest BCUT2D eigenvalue weighted by atomic mass is 10.0. The minimum absolute atomic E-state index is 0.222. The van der Waals surface area contributed by atoms with Gasteiger partial charge in [-0.05, 0) is 31.5 Å². The standard InChI is InChI=1S/C20H20F3N5O/c1-12-15(11-24)18(26-13(2)17(12)25)27-7-9-28(10-8-27)19(29)14-5-3-4-6-16(14)20(21,22)23/h3-6H,7-10,25H2,1-2H3. The van der Waals surface area contributed by atoms with E-state index in [-0.39, 0.29) is 18.7 Å². The van der Waals surface area contributed by atoms with E-state index < -0.39 is 17.6 Å². The van der Waals surface area contributed by atoms with Crippen molar-refractivity contribution >= 4 is 17.4 Å². The largest absolute Gasteiger partial charge is 0.417 e. The smallest absolute Gasteiger partial charge is 0.397 e. The summed E-state index contributed by atoms with van der Waals surface area (Å²) in [6.07, 6.45) is -4.60. The lowest BCUT2D eigenvalue weighted by Gasteiger charge is -2.36. The molecule has 6 nitrogen and oxygen atoms in total. The quantitative estimate of drug-likeness (QED) is 0.833. The van der Waals surface area contributed by atoms with Gasteiger partial charge in [-0.25, -0.2) is 4.98 Å². The zero-order chi connectivity index (χ0) is 21.3. The van der Waals surface area contributed by atoms with Crippen LogP contribution in [0.5, 0.6) is 0 Å². The number of carbonyl (C=O) groups is 1. The molecule has 1 aliphatic rings. The number of aromatic nitrogens is 1. The number of benzene rings is 1. The zero-order valence-corrected chi connectivity index (χ0v) is 16.0. The molecule has 0 radical (unpaired) electrons. The van der Waals surface area contributed by atoms with E-state index in [1.165, 1.54) is 23.1 Å². The molecule has 9 heteroatoms. The van der Waals surface area contributed by atoms with E-state index >= 15 is 0 Å². The Balaban J connectivity index is 1.81. The summed E-state index contributed by atoms with van der Waals surface area (Å²) in [6.45, 7) is 4.65. The van der Waals surface area contributed by atoms with Crippen molar-refractivity contribution < 1.29 is 18.0 Å². The molecule has 1 aromatic heterocycles. The molecule has 1 saturated heterocycles. The number of anilines is 2. The topological polar surface area (TPSA) is 86.2 Å². The van der Waals surface area contributed by atoms with E-state index in [9.17, 15) is 23.2 Å². The fourth-order valence-corrected chi connectivity index (χ4v) is 3.42. The van der Waals surface area contributed by atoms with Crippen molar-refractivity contribution in [3.05, 3.63) is 52.2 Å². The van der Waals surface area contributed by atoms with Gasteiger partial charge >= 0.3 is 6.18 Å². The Morgan fingerprint density at radius 1 is 1.17 bits per heavy atom. The maximum atomic E-state index is 13.2. The summed E-state index contributed by atoms with van der Waals surface area (Å²) < 4.78 is 39.7. The highest BCUT2D eigenvalue weighted by Crippen LogP contribution is 2.33. The first-order valence-electron chi connectivity index (χ1n) is 9.02. The van der Waals surface area contributed by atoms with Gasteiger partial charge in [-0.2, -0.15) is 18.4 Å². The Labute approximate surface area is 166 Å². The van der Waals surface area contributed by atoms with Gasteiger partial charge in [0.1, 0.15) is 11.9 Å². The molecule has 1 amide bonds. The molecule has 1 aliphatic heterocycles. The molecule has 2 heterocycles. The van der Waals surface area contributed by atoms with Crippen molar-refractivity contribution in [1.82, 2.24) is 9.88 Å². The summed E-state index contributed by atoms with van der Waals surface area (Å²) >= 11 is 0. The molecule has 29 heavy (non-hydrogen) atoms. The number of nitrogen functional groups attached to an aromatic ring is 1. The highest BCUT2D eigenvalue weighted by molar-refractivity contribution is 5.96. The maximum Gasteiger partial charge on any atom is 0.417 e. The van der Waals surface area contributed by atoms with Crippen LogP contribution in [0.4, 0.5) is 24.7 Å². The molecule has 3 rings (SSSR count). The molecule has 152 valence electrons. The van der Waals surface area contributed by atoms with Gasteiger partial charge in [-0.15, -0.1) is 0 Å². The second-order valence-corrected chi connectivity index (χ2v) is 6.87. The van der Waals surface area contributed by atoms with Gasteiger partial charge in [0.05, 0.1) is 28.1 Å². The number of hydrogen-bond acceptors (Lipinski definition) is 5. The van der Waals surface area contributed by atoms with Crippen molar-refractivity contribution in [2.75, 3.05) is 36.8 Å². The molecule has 2 N–H and O–H groups in total. The molecule has 0 bridgehead atoms. The van der Waals surface area contributed by atoms with Gasteiger partial charge in [0, 0.05) is 26.2 Å². The van der Waals surface area contributed by atoms with E-state index in [0.717, 1.165) is 6.07 Å². The average molecular weight is 403 g/mol. The van der Waals surface area contributed by atoms with Gasteiger partial charge in [-0.1, -0.05) is 12.1 Å². The van der Waals surface area contributed by atoms with Gasteiger partial charge in [0.15, 0.2) is 0 Å². The Hall–Kier alpha value is -3.28. The van der Waals surface area contributed by atoms with E-state index in [1.54, 1.807) is 13.8 Å². The number of alkyl halides is 3. The lowest BCUT2D eigenvalue weighted by molar-refractivity contribution is -0.138. The van der Waals surface area contributed by atoms with Gasteiger partial charge in [0.25, 0.3) is 5.91 Å². The molecule has 0 saturated carbocycles. The number of piperazine rings is 1. The molecular formula is C20H20F3N5O.